The van der Waals surface area contributed by atoms with E-state index in [0.717, 1.165) is 61.8 Å². The molecule has 1 aromatic heterocycles. The summed E-state index contributed by atoms with van der Waals surface area (Å²) in [7, 11) is 3.97. The first-order chi connectivity index (χ1) is 15.2. The third kappa shape index (κ3) is 6.34. The van der Waals surface area contributed by atoms with Crippen LogP contribution in [-0.4, -0.2) is 62.7 Å². The third-order valence-electron chi connectivity index (χ3n) is 5.91. The van der Waals surface area contributed by atoms with Gasteiger partial charge in [-0.15, -0.1) is 0 Å². The van der Waals surface area contributed by atoms with Crippen molar-refractivity contribution in [2.45, 2.75) is 25.9 Å². The molecule has 0 bridgehead atoms. The van der Waals surface area contributed by atoms with Crippen molar-refractivity contribution in [3.05, 3.63) is 53.7 Å². The van der Waals surface area contributed by atoms with Crippen LogP contribution >= 0.6 is 0 Å². The fourth-order valence-electron chi connectivity index (χ4n) is 3.65. The molecular weight excluding hydrogens is 388 g/mol. The smallest absolute Gasteiger partial charge is 0.191 e. The number of aromatic nitrogens is 1. The van der Waals surface area contributed by atoms with E-state index in [2.05, 4.69) is 55.7 Å². The number of aliphatic imine (C=N–C) groups is 1. The van der Waals surface area contributed by atoms with E-state index in [0.29, 0.717) is 13.1 Å². The summed E-state index contributed by atoms with van der Waals surface area (Å²) in [5, 5.41) is 6.83. The van der Waals surface area contributed by atoms with Gasteiger partial charge < -0.3 is 25.2 Å². The predicted octanol–water partition coefficient (Wildman–Crippen LogP) is 2.49. The Morgan fingerprint density at radius 1 is 1.10 bits per heavy atom. The lowest BCUT2D eigenvalue weighted by molar-refractivity contribution is 0.296. The molecule has 1 saturated heterocycles. The van der Waals surface area contributed by atoms with E-state index in [9.17, 15) is 0 Å². The molecule has 4 rings (SSSR count). The van der Waals surface area contributed by atoms with E-state index in [4.69, 9.17) is 4.74 Å². The van der Waals surface area contributed by atoms with Crippen molar-refractivity contribution in [1.29, 1.82) is 0 Å². The highest BCUT2D eigenvalue weighted by atomic mass is 16.5. The van der Waals surface area contributed by atoms with Gasteiger partial charge in [-0.05, 0) is 49.6 Å². The van der Waals surface area contributed by atoms with Gasteiger partial charge in [0.05, 0.1) is 6.61 Å². The van der Waals surface area contributed by atoms with Crippen LogP contribution in [0, 0.1) is 5.92 Å². The van der Waals surface area contributed by atoms with E-state index in [1.807, 2.05) is 24.4 Å². The molecule has 0 spiro atoms. The summed E-state index contributed by atoms with van der Waals surface area (Å²) < 4.78 is 6.02. The number of ether oxygens (including phenoxy) is 1. The van der Waals surface area contributed by atoms with Crippen LogP contribution in [0.25, 0.3) is 0 Å². The first-order valence-electron chi connectivity index (χ1n) is 11.2. The van der Waals surface area contributed by atoms with E-state index in [1.54, 1.807) is 7.05 Å². The average molecular weight is 423 g/mol. The van der Waals surface area contributed by atoms with Crippen LogP contribution in [-0.2, 0) is 13.1 Å². The molecule has 7 heteroatoms. The van der Waals surface area contributed by atoms with Gasteiger partial charge in [-0.25, -0.2) is 4.98 Å². The Bertz CT molecular complexity index is 874. The number of guanidine groups is 1. The van der Waals surface area contributed by atoms with Crippen LogP contribution in [0.15, 0.2) is 47.6 Å². The molecule has 31 heavy (non-hydrogen) atoms. The van der Waals surface area contributed by atoms with Gasteiger partial charge in [0.15, 0.2) is 5.96 Å². The number of para-hydroxylation sites is 1. The summed E-state index contributed by atoms with van der Waals surface area (Å²) in [6.07, 6.45) is 4.49. The number of likely N-dealkylation sites (N-methyl/N-ethyl adjacent to an activating group) is 1. The topological polar surface area (TPSA) is 65.0 Å². The van der Waals surface area contributed by atoms with Gasteiger partial charge in [0.2, 0.25) is 0 Å². The molecule has 1 aromatic carbocycles. The Kier molecular flexibility index (Phi) is 7.25. The first kappa shape index (κ1) is 21.4. The maximum atomic E-state index is 6.02. The summed E-state index contributed by atoms with van der Waals surface area (Å²) in [5.41, 5.74) is 2.34. The maximum Gasteiger partial charge on any atom is 0.191 e. The number of pyridine rings is 1. The van der Waals surface area contributed by atoms with Gasteiger partial charge >= 0.3 is 0 Å². The lowest BCUT2D eigenvalue weighted by atomic mass is 10.2. The van der Waals surface area contributed by atoms with E-state index in [-0.39, 0.29) is 0 Å². The number of hydrogen-bond acceptors (Lipinski definition) is 5. The summed E-state index contributed by atoms with van der Waals surface area (Å²) >= 11 is 0. The Labute approximate surface area is 185 Å². The molecule has 1 aliphatic carbocycles. The van der Waals surface area contributed by atoms with E-state index < -0.39 is 0 Å². The maximum absolute atomic E-state index is 6.02. The molecule has 2 N–H and O–H groups in total. The van der Waals surface area contributed by atoms with Crippen LogP contribution in [0.3, 0.4) is 0 Å². The molecule has 2 heterocycles. The first-order valence-corrected chi connectivity index (χ1v) is 11.2. The highest BCUT2D eigenvalue weighted by Crippen LogP contribution is 2.30. The minimum atomic E-state index is 0.670. The zero-order valence-corrected chi connectivity index (χ0v) is 18.7. The minimum Gasteiger partial charge on any atom is -0.493 e. The summed E-state index contributed by atoms with van der Waals surface area (Å²) in [6.45, 7) is 6.38. The number of rotatable bonds is 8. The fraction of sp³-hybridized carbons (Fsp3) is 0.500. The van der Waals surface area contributed by atoms with Crippen LogP contribution in [0.4, 0.5) is 5.82 Å². The molecule has 7 nitrogen and oxygen atoms in total. The van der Waals surface area contributed by atoms with Gasteiger partial charge in [-0.3, -0.25) is 4.99 Å². The van der Waals surface area contributed by atoms with Crippen LogP contribution < -0.4 is 20.3 Å². The van der Waals surface area contributed by atoms with Crippen molar-refractivity contribution in [1.82, 2.24) is 20.5 Å². The SMILES string of the molecule is CN=C(NCc1ccnc(N2CCN(C)CC2)c1)NCc1ccccc1OCC1CC1. The van der Waals surface area contributed by atoms with Crippen LogP contribution in [0.1, 0.15) is 24.0 Å². The van der Waals surface area contributed by atoms with Crippen molar-refractivity contribution >= 4 is 11.8 Å². The Morgan fingerprint density at radius 3 is 2.65 bits per heavy atom. The highest BCUT2D eigenvalue weighted by molar-refractivity contribution is 5.79. The second-order valence-corrected chi connectivity index (χ2v) is 8.45. The number of anilines is 1. The molecular formula is C24H34N6O. The van der Waals surface area contributed by atoms with E-state index in [1.165, 1.54) is 18.4 Å². The number of benzene rings is 1. The molecule has 1 saturated carbocycles. The number of nitrogens with zero attached hydrogens (tertiary/aromatic N) is 4. The molecule has 0 radical (unpaired) electrons. The van der Waals surface area contributed by atoms with Crippen molar-refractivity contribution < 1.29 is 4.74 Å². The van der Waals surface area contributed by atoms with Crippen LogP contribution in [0.2, 0.25) is 0 Å². The van der Waals surface area contributed by atoms with Gasteiger partial charge in [-0.2, -0.15) is 0 Å². The molecule has 0 atom stereocenters. The molecule has 2 fully saturated rings. The van der Waals surface area contributed by atoms with Crippen molar-refractivity contribution in [3.63, 3.8) is 0 Å². The number of nitrogens with one attached hydrogen (secondary N) is 2. The number of piperazine rings is 1. The van der Waals surface area contributed by atoms with Gasteiger partial charge in [0.25, 0.3) is 0 Å². The lowest BCUT2D eigenvalue weighted by Crippen LogP contribution is -2.44. The highest BCUT2D eigenvalue weighted by Gasteiger charge is 2.22. The van der Waals surface area contributed by atoms with Crippen molar-refractivity contribution in [2.75, 3.05) is 51.8 Å². The summed E-state index contributed by atoms with van der Waals surface area (Å²) in [5.74, 6) is 3.53. The van der Waals surface area contributed by atoms with Gasteiger partial charge in [0, 0.05) is 58.1 Å². The second-order valence-electron chi connectivity index (χ2n) is 8.45. The second kappa shape index (κ2) is 10.5. The summed E-state index contributed by atoms with van der Waals surface area (Å²) in [4.78, 5) is 13.7. The largest absolute Gasteiger partial charge is 0.493 e. The standard InChI is InChI=1S/C24H34N6O/c1-25-24(28-17-21-5-3-4-6-22(21)31-18-19-7-8-19)27-16-20-9-10-26-23(15-20)30-13-11-29(2)12-14-30/h3-6,9-10,15,19H,7-8,11-14,16-18H2,1-2H3,(H2,25,27,28). The van der Waals surface area contributed by atoms with Crippen LogP contribution in [0.5, 0.6) is 5.75 Å². The molecule has 1 aliphatic heterocycles. The zero-order chi connectivity index (χ0) is 21.5. The predicted molar refractivity (Wildman–Crippen MR) is 126 cm³/mol. The van der Waals surface area contributed by atoms with E-state index >= 15 is 0 Å². The molecule has 166 valence electrons. The fourth-order valence-corrected chi connectivity index (χ4v) is 3.65. The molecule has 2 aromatic rings. The Hall–Kier alpha value is -2.80. The third-order valence-corrected chi connectivity index (χ3v) is 5.91. The van der Waals surface area contributed by atoms with Crippen molar-refractivity contribution in [2.24, 2.45) is 10.9 Å². The quantitative estimate of drug-likeness (QED) is 0.503. The average Bonchev–Trinajstić information content (AvgIpc) is 3.64. The summed E-state index contributed by atoms with van der Waals surface area (Å²) in [6, 6.07) is 12.5. The molecule has 0 amide bonds. The number of hydrogen-bond donors (Lipinski definition) is 2. The monoisotopic (exact) mass is 422 g/mol. The Balaban J connectivity index is 1.29. The molecule has 0 unspecified atom stereocenters. The zero-order valence-electron chi connectivity index (χ0n) is 18.7. The molecule has 2 aliphatic rings. The van der Waals surface area contributed by atoms with Crippen molar-refractivity contribution in [3.8, 4) is 5.75 Å². The lowest BCUT2D eigenvalue weighted by Gasteiger charge is -2.33. The van der Waals surface area contributed by atoms with Gasteiger partial charge in [0.1, 0.15) is 11.6 Å². The normalized spacial score (nSPS) is 17.5. The minimum absolute atomic E-state index is 0.670. The van der Waals surface area contributed by atoms with Gasteiger partial charge in [-0.1, -0.05) is 18.2 Å². The Morgan fingerprint density at radius 2 is 1.87 bits per heavy atom.